The smallest absolute Gasteiger partial charge is 0.342 e. The number of piperidine rings is 1. The van der Waals surface area contributed by atoms with Crippen LogP contribution in [0.3, 0.4) is 0 Å². The molecule has 2 aromatic rings. The number of aromatic nitrogens is 2. The molecule has 1 amide bonds. The van der Waals surface area contributed by atoms with Gasteiger partial charge in [0, 0.05) is 37.9 Å². The van der Waals surface area contributed by atoms with Crippen molar-refractivity contribution in [3.63, 3.8) is 0 Å². The third kappa shape index (κ3) is 3.92. The van der Waals surface area contributed by atoms with Crippen LogP contribution in [0.25, 0.3) is 0 Å². The van der Waals surface area contributed by atoms with Crippen molar-refractivity contribution in [2.24, 2.45) is 0 Å². The number of nitrogens with zero attached hydrogens (tertiary/aromatic N) is 3. The van der Waals surface area contributed by atoms with E-state index in [1.165, 1.54) is 18.2 Å². The van der Waals surface area contributed by atoms with E-state index in [0.717, 1.165) is 31.3 Å². The summed E-state index contributed by atoms with van der Waals surface area (Å²) in [6.07, 6.45) is 0.629. The van der Waals surface area contributed by atoms with Gasteiger partial charge in [0.2, 0.25) is 5.91 Å². The first-order chi connectivity index (χ1) is 12.4. The number of rotatable bonds is 4. The number of hydrogen-bond donors (Lipinski definition) is 0. The lowest BCUT2D eigenvalue weighted by Crippen LogP contribution is -2.39. The molecule has 0 bridgehead atoms. The third-order valence-corrected chi connectivity index (χ3v) is 4.97. The van der Waals surface area contributed by atoms with Crippen LogP contribution >= 0.6 is 0 Å². The Bertz CT molecular complexity index is 761. The number of aryl methyl sites for hydroxylation is 1. The molecule has 2 heterocycles. The van der Waals surface area contributed by atoms with Gasteiger partial charge in [-0.15, -0.1) is 0 Å². The number of imidazole rings is 1. The maximum absolute atomic E-state index is 13.1. The van der Waals surface area contributed by atoms with Gasteiger partial charge in [0.1, 0.15) is 5.82 Å². The number of benzene rings is 1. The zero-order valence-electron chi connectivity index (χ0n) is 14.7. The minimum atomic E-state index is -4.44. The molecular weight excluding hydrogens is 343 g/mol. The number of amides is 1. The van der Waals surface area contributed by atoms with Crippen LogP contribution in [-0.2, 0) is 23.9 Å². The zero-order valence-corrected chi connectivity index (χ0v) is 14.7. The second-order valence-corrected chi connectivity index (χ2v) is 6.56. The first kappa shape index (κ1) is 18.5. The van der Waals surface area contributed by atoms with Gasteiger partial charge >= 0.3 is 6.18 Å². The van der Waals surface area contributed by atoms with Gasteiger partial charge in [-0.3, -0.25) is 4.79 Å². The standard InChI is InChI=1S/C19H22F3N3O/c1-2-24-12-9-23-18(24)14-7-10-25(11-8-14)17(26)13-15-5-3-4-6-16(15)19(20,21)22/h3-6,9,12,14H,2,7-8,10-11,13H2,1H3. The molecule has 1 aromatic heterocycles. The molecule has 26 heavy (non-hydrogen) atoms. The first-order valence-corrected chi connectivity index (χ1v) is 8.84. The fourth-order valence-electron chi connectivity index (χ4n) is 3.56. The van der Waals surface area contributed by atoms with E-state index in [4.69, 9.17) is 0 Å². The molecule has 7 heteroatoms. The van der Waals surface area contributed by atoms with Crippen LogP contribution in [-0.4, -0.2) is 33.4 Å². The van der Waals surface area contributed by atoms with Gasteiger partial charge in [-0.2, -0.15) is 13.2 Å². The van der Waals surface area contributed by atoms with E-state index in [1.54, 1.807) is 11.1 Å². The Morgan fingerprint density at radius 3 is 2.58 bits per heavy atom. The van der Waals surface area contributed by atoms with Gasteiger partial charge in [-0.05, 0) is 31.4 Å². The maximum atomic E-state index is 13.1. The quantitative estimate of drug-likeness (QED) is 0.825. The lowest BCUT2D eigenvalue weighted by molar-refractivity contribution is -0.138. The van der Waals surface area contributed by atoms with E-state index in [1.807, 2.05) is 6.20 Å². The number of carbonyl (C=O) groups is 1. The molecule has 140 valence electrons. The van der Waals surface area contributed by atoms with Crippen LogP contribution in [0, 0.1) is 0 Å². The van der Waals surface area contributed by atoms with Crippen LogP contribution in [0.5, 0.6) is 0 Å². The average molecular weight is 365 g/mol. The summed E-state index contributed by atoms with van der Waals surface area (Å²) in [5, 5.41) is 0. The molecule has 0 spiro atoms. The Balaban J connectivity index is 1.63. The van der Waals surface area contributed by atoms with Crippen molar-refractivity contribution in [3.05, 3.63) is 53.6 Å². The van der Waals surface area contributed by atoms with E-state index in [-0.39, 0.29) is 23.8 Å². The Kier molecular flexibility index (Phi) is 5.34. The van der Waals surface area contributed by atoms with Crippen LogP contribution < -0.4 is 0 Å². The van der Waals surface area contributed by atoms with Crippen LogP contribution in [0.2, 0.25) is 0 Å². The summed E-state index contributed by atoms with van der Waals surface area (Å²) < 4.78 is 41.4. The summed E-state index contributed by atoms with van der Waals surface area (Å²) in [5.41, 5.74) is -0.693. The minimum absolute atomic E-state index is 0.0358. The van der Waals surface area contributed by atoms with Crippen LogP contribution in [0.1, 0.15) is 42.6 Å². The maximum Gasteiger partial charge on any atom is 0.416 e. The lowest BCUT2D eigenvalue weighted by atomic mass is 9.95. The molecular formula is C19H22F3N3O. The summed E-state index contributed by atoms with van der Waals surface area (Å²) >= 11 is 0. The predicted molar refractivity (Wildman–Crippen MR) is 91.6 cm³/mol. The van der Waals surface area contributed by atoms with E-state index < -0.39 is 11.7 Å². The Morgan fingerprint density at radius 2 is 1.92 bits per heavy atom. The second kappa shape index (κ2) is 7.51. The van der Waals surface area contributed by atoms with Gasteiger partial charge in [0.05, 0.1) is 12.0 Å². The predicted octanol–water partition coefficient (Wildman–Crippen LogP) is 3.87. The van der Waals surface area contributed by atoms with Crippen molar-refractivity contribution in [2.45, 2.75) is 44.8 Å². The summed E-state index contributed by atoms with van der Waals surface area (Å²) in [5.74, 6) is 1.07. The van der Waals surface area contributed by atoms with E-state index >= 15 is 0 Å². The van der Waals surface area contributed by atoms with Gasteiger partial charge in [0.15, 0.2) is 0 Å². The summed E-state index contributed by atoms with van der Waals surface area (Å²) in [4.78, 5) is 18.6. The van der Waals surface area contributed by atoms with Crippen molar-refractivity contribution >= 4 is 5.91 Å². The third-order valence-electron chi connectivity index (χ3n) is 4.97. The van der Waals surface area contributed by atoms with Gasteiger partial charge < -0.3 is 9.47 Å². The topological polar surface area (TPSA) is 38.1 Å². The highest BCUT2D eigenvalue weighted by molar-refractivity contribution is 5.79. The second-order valence-electron chi connectivity index (χ2n) is 6.56. The molecule has 3 rings (SSSR count). The van der Waals surface area contributed by atoms with Crippen LogP contribution in [0.15, 0.2) is 36.7 Å². The highest BCUT2D eigenvalue weighted by Crippen LogP contribution is 2.33. The molecule has 4 nitrogen and oxygen atoms in total. The first-order valence-electron chi connectivity index (χ1n) is 8.84. The highest BCUT2D eigenvalue weighted by atomic mass is 19.4. The van der Waals surface area contributed by atoms with E-state index in [9.17, 15) is 18.0 Å². The SMILES string of the molecule is CCn1ccnc1C1CCN(C(=O)Cc2ccccc2C(F)(F)F)CC1. The van der Waals surface area contributed by atoms with Gasteiger partial charge in [-0.25, -0.2) is 4.98 Å². The van der Waals surface area contributed by atoms with Gasteiger partial charge in [-0.1, -0.05) is 18.2 Å². The van der Waals surface area contributed by atoms with Crippen molar-refractivity contribution in [2.75, 3.05) is 13.1 Å². The largest absolute Gasteiger partial charge is 0.416 e. The molecule has 1 saturated heterocycles. The molecule has 1 fully saturated rings. The normalized spacial score (nSPS) is 16.1. The molecule has 0 unspecified atom stereocenters. The fraction of sp³-hybridized carbons (Fsp3) is 0.474. The Hall–Kier alpha value is -2.31. The number of alkyl halides is 3. The minimum Gasteiger partial charge on any atom is -0.342 e. The highest BCUT2D eigenvalue weighted by Gasteiger charge is 2.34. The molecule has 0 aliphatic carbocycles. The number of likely N-dealkylation sites (tertiary alicyclic amines) is 1. The van der Waals surface area contributed by atoms with Crippen molar-refractivity contribution < 1.29 is 18.0 Å². The van der Waals surface area contributed by atoms with Crippen molar-refractivity contribution in [1.82, 2.24) is 14.5 Å². The number of halogens is 3. The molecule has 0 atom stereocenters. The van der Waals surface area contributed by atoms with E-state index in [0.29, 0.717) is 13.1 Å². The summed E-state index contributed by atoms with van der Waals surface area (Å²) in [6, 6.07) is 5.29. The zero-order chi connectivity index (χ0) is 18.7. The molecule has 0 saturated carbocycles. The van der Waals surface area contributed by atoms with Crippen LogP contribution in [0.4, 0.5) is 13.2 Å². The summed E-state index contributed by atoms with van der Waals surface area (Å²) in [7, 11) is 0. The van der Waals surface area contributed by atoms with Crippen molar-refractivity contribution in [1.29, 1.82) is 0 Å². The Morgan fingerprint density at radius 1 is 1.23 bits per heavy atom. The number of carbonyl (C=O) groups excluding carboxylic acids is 1. The molecule has 1 aromatic carbocycles. The summed E-state index contributed by atoms with van der Waals surface area (Å²) in [6.45, 7) is 4.01. The van der Waals surface area contributed by atoms with Crippen molar-refractivity contribution in [3.8, 4) is 0 Å². The molecule has 1 aliphatic heterocycles. The monoisotopic (exact) mass is 365 g/mol. The molecule has 0 radical (unpaired) electrons. The molecule has 1 aliphatic rings. The number of hydrogen-bond acceptors (Lipinski definition) is 2. The fourth-order valence-corrected chi connectivity index (χ4v) is 3.56. The Labute approximate surface area is 150 Å². The molecule has 0 N–H and O–H groups in total. The van der Waals surface area contributed by atoms with E-state index in [2.05, 4.69) is 16.5 Å². The lowest BCUT2D eigenvalue weighted by Gasteiger charge is -2.32. The average Bonchev–Trinajstić information content (AvgIpc) is 3.10. The van der Waals surface area contributed by atoms with Gasteiger partial charge in [0.25, 0.3) is 0 Å².